The van der Waals surface area contributed by atoms with Gasteiger partial charge in [0, 0.05) is 12.4 Å². The van der Waals surface area contributed by atoms with Gasteiger partial charge in [0.2, 0.25) is 0 Å². The number of benzene rings is 1. The van der Waals surface area contributed by atoms with Crippen molar-refractivity contribution in [1.29, 1.82) is 0 Å². The summed E-state index contributed by atoms with van der Waals surface area (Å²) in [5, 5.41) is 3.32. The fourth-order valence-electron chi connectivity index (χ4n) is 2.46. The lowest BCUT2D eigenvalue weighted by Gasteiger charge is -2.21. The van der Waals surface area contributed by atoms with Gasteiger partial charge in [-0.1, -0.05) is 13.0 Å². The Kier molecular flexibility index (Phi) is 4.27. The van der Waals surface area contributed by atoms with Crippen molar-refractivity contribution in [3.05, 3.63) is 64.7 Å². The highest BCUT2D eigenvalue weighted by atomic mass is 19.1. The maximum atomic E-state index is 13.2. The van der Waals surface area contributed by atoms with Gasteiger partial charge in [-0.15, -0.1) is 0 Å². The average Bonchev–Trinajstić information content (AvgIpc) is 2.42. The quantitative estimate of drug-likeness (QED) is 0.909. The molecule has 1 aromatic carbocycles. The van der Waals surface area contributed by atoms with Crippen LogP contribution in [0, 0.1) is 12.7 Å². The molecule has 1 aromatic heterocycles. The van der Waals surface area contributed by atoms with E-state index < -0.39 is 0 Å². The van der Waals surface area contributed by atoms with Gasteiger partial charge in [0.25, 0.3) is 0 Å². The van der Waals surface area contributed by atoms with Gasteiger partial charge in [-0.2, -0.15) is 0 Å². The molecule has 19 heavy (non-hydrogen) atoms. The first-order chi connectivity index (χ1) is 9.17. The first kappa shape index (κ1) is 13.7. The highest BCUT2D eigenvalue weighted by molar-refractivity contribution is 5.39. The maximum Gasteiger partial charge on any atom is 0.123 e. The summed E-state index contributed by atoms with van der Waals surface area (Å²) in [4.78, 5) is 4.18. The third kappa shape index (κ3) is 2.82. The number of aryl methyl sites for hydroxylation is 2. The van der Waals surface area contributed by atoms with Gasteiger partial charge < -0.3 is 5.32 Å². The summed E-state index contributed by atoms with van der Waals surface area (Å²) in [5.41, 5.74) is 4.48. The number of nitrogens with one attached hydrogen (secondary N) is 1. The molecule has 2 aromatic rings. The lowest BCUT2D eigenvalue weighted by molar-refractivity contribution is 0.620. The molecule has 0 fully saturated rings. The van der Waals surface area contributed by atoms with Gasteiger partial charge in [0.05, 0.1) is 6.04 Å². The molecule has 0 spiro atoms. The van der Waals surface area contributed by atoms with Crippen LogP contribution < -0.4 is 5.32 Å². The topological polar surface area (TPSA) is 24.9 Å². The van der Waals surface area contributed by atoms with Gasteiger partial charge in [0.1, 0.15) is 5.82 Å². The van der Waals surface area contributed by atoms with Crippen LogP contribution in [0.2, 0.25) is 0 Å². The predicted molar refractivity (Wildman–Crippen MR) is 75.7 cm³/mol. The summed E-state index contributed by atoms with van der Waals surface area (Å²) in [5.74, 6) is -0.193. The number of nitrogens with zero attached hydrogens (tertiary/aromatic N) is 1. The van der Waals surface area contributed by atoms with Crippen molar-refractivity contribution in [3.63, 3.8) is 0 Å². The zero-order valence-corrected chi connectivity index (χ0v) is 11.6. The summed E-state index contributed by atoms with van der Waals surface area (Å²) < 4.78 is 13.2. The van der Waals surface area contributed by atoms with Crippen LogP contribution in [-0.2, 0) is 6.42 Å². The molecule has 0 saturated heterocycles. The van der Waals surface area contributed by atoms with Crippen LogP contribution in [0.5, 0.6) is 0 Å². The second-order valence-electron chi connectivity index (χ2n) is 4.65. The van der Waals surface area contributed by atoms with E-state index in [0.29, 0.717) is 0 Å². The molecule has 0 bridgehead atoms. The minimum Gasteiger partial charge on any atom is -0.309 e. The van der Waals surface area contributed by atoms with Crippen LogP contribution in [0.3, 0.4) is 0 Å². The van der Waals surface area contributed by atoms with Gasteiger partial charge in [0.15, 0.2) is 0 Å². The SMILES string of the molecule is CCc1cnccc1C(NC)c1ccc(F)cc1C. The number of hydrogen-bond acceptors (Lipinski definition) is 2. The minimum atomic E-state index is -0.193. The fourth-order valence-corrected chi connectivity index (χ4v) is 2.46. The molecule has 0 aliphatic heterocycles. The van der Waals surface area contributed by atoms with E-state index in [1.807, 2.05) is 32.3 Å². The molecular weight excluding hydrogens is 239 g/mol. The Balaban J connectivity index is 2.50. The fraction of sp³-hybridized carbons (Fsp3) is 0.312. The molecule has 2 nitrogen and oxygen atoms in total. The van der Waals surface area contributed by atoms with Gasteiger partial charge >= 0.3 is 0 Å². The molecule has 0 aliphatic rings. The Morgan fingerprint density at radius 2 is 2.05 bits per heavy atom. The Morgan fingerprint density at radius 1 is 1.26 bits per heavy atom. The number of rotatable bonds is 4. The number of hydrogen-bond donors (Lipinski definition) is 1. The van der Waals surface area contributed by atoms with E-state index in [2.05, 4.69) is 17.2 Å². The monoisotopic (exact) mass is 258 g/mol. The van der Waals surface area contributed by atoms with Crippen molar-refractivity contribution >= 4 is 0 Å². The zero-order valence-electron chi connectivity index (χ0n) is 11.6. The van der Waals surface area contributed by atoms with E-state index in [1.54, 1.807) is 12.3 Å². The Bertz CT molecular complexity index is 566. The molecule has 1 unspecified atom stereocenters. The number of halogens is 1. The lowest BCUT2D eigenvalue weighted by Crippen LogP contribution is -2.20. The molecule has 100 valence electrons. The van der Waals surface area contributed by atoms with Crippen LogP contribution in [0.1, 0.15) is 35.2 Å². The summed E-state index contributed by atoms with van der Waals surface area (Å²) in [6, 6.07) is 7.04. The maximum absolute atomic E-state index is 13.2. The van der Waals surface area contributed by atoms with Crippen molar-refractivity contribution in [3.8, 4) is 0 Å². The lowest BCUT2D eigenvalue weighted by atomic mass is 9.92. The molecule has 1 atom stereocenters. The molecule has 1 heterocycles. The first-order valence-electron chi connectivity index (χ1n) is 6.53. The number of aromatic nitrogens is 1. The van der Waals surface area contributed by atoms with Crippen LogP contribution >= 0.6 is 0 Å². The molecule has 0 radical (unpaired) electrons. The third-order valence-electron chi connectivity index (χ3n) is 3.46. The van der Waals surface area contributed by atoms with Crippen molar-refractivity contribution in [2.75, 3.05) is 7.05 Å². The molecule has 0 saturated carbocycles. The van der Waals surface area contributed by atoms with Gasteiger partial charge in [-0.3, -0.25) is 4.98 Å². The summed E-state index contributed by atoms with van der Waals surface area (Å²) in [6.07, 6.45) is 4.64. The van der Waals surface area contributed by atoms with Gasteiger partial charge in [-0.05, 0) is 60.8 Å². The Labute approximate surface area is 113 Å². The zero-order chi connectivity index (χ0) is 13.8. The summed E-state index contributed by atoms with van der Waals surface area (Å²) in [6.45, 7) is 4.06. The highest BCUT2D eigenvalue weighted by Gasteiger charge is 2.17. The largest absolute Gasteiger partial charge is 0.309 e. The summed E-state index contributed by atoms with van der Waals surface area (Å²) >= 11 is 0. The highest BCUT2D eigenvalue weighted by Crippen LogP contribution is 2.27. The van der Waals surface area contributed by atoms with E-state index >= 15 is 0 Å². The molecule has 0 amide bonds. The standard InChI is InChI=1S/C16H19FN2/c1-4-12-10-19-8-7-15(12)16(18-3)14-6-5-13(17)9-11(14)2/h5-10,16,18H,4H2,1-3H3. The summed E-state index contributed by atoms with van der Waals surface area (Å²) in [7, 11) is 1.92. The predicted octanol–water partition coefficient (Wildman–Crippen LogP) is 3.40. The van der Waals surface area contributed by atoms with Crippen molar-refractivity contribution in [1.82, 2.24) is 10.3 Å². The first-order valence-corrected chi connectivity index (χ1v) is 6.53. The molecule has 1 N–H and O–H groups in total. The van der Waals surface area contributed by atoms with E-state index in [4.69, 9.17) is 0 Å². The van der Waals surface area contributed by atoms with E-state index in [1.165, 1.54) is 17.2 Å². The second kappa shape index (κ2) is 5.93. The smallest absolute Gasteiger partial charge is 0.123 e. The molecule has 2 rings (SSSR count). The van der Waals surface area contributed by atoms with Crippen molar-refractivity contribution in [2.24, 2.45) is 0 Å². The van der Waals surface area contributed by atoms with E-state index in [-0.39, 0.29) is 11.9 Å². The van der Waals surface area contributed by atoms with E-state index in [9.17, 15) is 4.39 Å². The minimum absolute atomic E-state index is 0.0681. The van der Waals surface area contributed by atoms with Gasteiger partial charge in [-0.25, -0.2) is 4.39 Å². The van der Waals surface area contributed by atoms with Crippen LogP contribution in [0.25, 0.3) is 0 Å². The van der Waals surface area contributed by atoms with Crippen LogP contribution in [0.15, 0.2) is 36.7 Å². The van der Waals surface area contributed by atoms with E-state index in [0.717, 1.165) is 17.5 Å². The number of pyridine rings is 1. The average molecular weight is 258 g/mol. The molecule has 3 heteroatoms. The third-order valence-corrected chi connectivity index (χ3v) is 3.46. The van der Waals surface area contributed by atoms with Crippen LogP contribution in [0.4, 0.5) is 4.39 Å². The molecular formula is C16H19FN2. The normalized spacial score (nSPS) is 12.4. The van der Waals surface area contributed by atoms with Crippen LogP contribution in [-0.4, -0.2) is 12.0 Å². The Hall–Kier alpha value is -1.74. The molecule has 0 aliphatic carbocycles. The Morgan fingerprint density at radius 3 is 2.68 bits per heavy atom. The van der Waals surface area contributed by atoms with Crippen molar-refractivity contribution in [2.45, 2.75) is 26.3 Å². The second-order valence-corrected chi connectivity index (χ2v) is 4.65. The van der Waals surface area contributed by atoms with Crippen molar-refractivity contribution < 1.29 is 4.39 Å².